The lowest BCUT2D eigenvalue weighted by Gasteiger charge is -2.09. The smallest absolute Gasteiger partial charge is 0.148 e. The van der Waals surface area contributed by atoms with E-state index in [-0.39, 0.29) is 0 Å². The summed E-state index contributed by atoms with van der Waals surface area (Å²) in [4.78, 5) is 3.99. The first-order valence-corrected chi connectivity index (χ1v) is 5.18. The molecule has 0 amide bonds. The van der Waals surface area contributed by atoms with Crippen LogP contribution in [0, 0.1) is 6.92 Å². The van der Waals surface area contributed by atoms with E-state index in [4.69, 9.17) is 22.1 Å². The molecule has 0 unspecified atom stereocenters. The zero-order valence-corrected chi connectivity index (χ0v) is 9.53. The van der Waals surface area contributed by atoms with Crippen molar-refractivity contribution in [3.8, 4) is 11.5 Å². The van der Waals surface area contributed by atoms with Crippen LogP contribution in [0.1, 0.15) is 5.56 Å². The molecule has 2 aromatic rings. The minimum absolute atomic E-state index is 0.533. The molecule has 0 atom stereocenters. The van der Waals surface area contributed by atoms with Crippen molar-refractivity contribution < 1.29 is 4.74 Å². The summed E-state index contributed by atoms with van der Waals surface area (Å²) >= 11 is 6.00. The summed E-state index contributed by atoms with van der Waals surface area (Å²) < 4.78 is 5.67. The minimum Gasteiger partial charge on any atom is -0.455 e. The highest BCUT2D eigenvalue weighted by Crippen LogP contribution is 2.32. The Labute approximate surface area is 98.8 Å². The van der Waals surface area contributed by atoms with Crippen LogP contribution in [0.15, 0.2) is 36.7 Å². The lowest BCUT2D eigenvalue weighted by Crippen LogP contribution is -1.91. The standard InChI is InChI=1S/C12H11ClN2O/c1-8-7-15-5-4-11(8)16-12-6-9(14)2-3-10(12)13/h2-7H,14H2,1H3. The number of pyridine rings is 1. The number of hydrogen-bond acceptors (Lipinski definition) is 3. The SMILES string of the molecule is Cc1cnccc1Oc1cc(N)ccc1Cl. The molecule has 0 saturated heterocycles. The van der Waals surface area contributed by atoms with Gasteiger partial charge in [0.1, 0.15) is 11.5 Å². The third kappa shape index (κ3) is 2.25. The molecule has 2 rings (SSSR count). The second-order valence-electron chi connectivity index (χ2n) is 3.43. The molecule has 0 aliphatic rings. The van der Waals surface area contributed by atoms with E-state index in [0.29, 0.717) is 16.5 Å². The van der Waals surface area contributed by atoms with Crippen LogP contribution in [-0.4, -0.2) is 4.98 Å². The Kier molecular flexibility index (Phi) is 2.97. The van der Waals surface area contributed by atoms with Gasteiger partial charge in [0.25, 0.3) is 0 Å². The molecule has 1 heterocycles. The number of halogens is 1. The summed E-state index contributed by atoms with van der Waals surface area (Å²) in [5.41, 5.74) is 7.23. The number of nitrogens with two attached hydrogens (primary N) is 1. The van der Waals surface area contributed by atoms with Crippen molar-refractivity contribution in [1.29, 1.82) is 0 Å². The van der Waals surface area contributed by atoms with Crippen LogP contribution in [0.5, 0.6) is 11.5 Å². The molecule has 16 heavy (non-hydrogen) atoms. The number of aryl methyl sites for hydroxylation is 1. The van der Waals surface area contributed by atoms with Crippen LogP contribution in [0.2, 0.25) is 5.02 Å². The summed E-state index contributed by atoms with van der Waals surface area (Å²) in [5.74, 6) is 1.28. The van der Waals surface area contributed by atoms with E-state index in [0.717, 1.165) is 11.3 Å². The second-order valence-corrected chi connectivity index (χ2v) is 3.84. The molecule has 2 N–H and O–H groups in total. The maximum absolute atomic E-state index is 6.00. The van der Waals surface area contributed by atoms with Gasteiger partial charge in [0.05, 0.1) is 5.02 Å². The van der Waals surface area contributed by atoms with Crippen molar-refractivity contribution in [2.45, 2.75) is 6.92 Å². The van der Waals surface area contributed by atoms with Crippen molar-refractivity contribution >= 4 is 17.3 Å². The number of ether oxygens (including phenoxy) is 1. The Morgan fingerprint density at radius 3 is 2.81 bits per heavy atom. The Hall–Kier alpha value is -1.74. The molecule has 3 nitrogen and oxygen atoms in total. The topological polar surface area (TPSA) is 48.1 Å². The fraction of sp³-hybridized carbons (Fsp3) is 0.0833. The summed E-state index contributed by atoms with van der Waals surface area (Å²) in [5, 5.41) is 0.533. The average Bonchev–Trinajstić information content (AvgIpc) is 2.27. The summed E-state index contributed by atoms with van der Waals surface area (Å²) in [6, 6.07) is 6.92. The van der Waals surface area contributed by atoms with Gasteiger partial charge in [0, 0.05) is 29.7 Å². The Bertz CT molecular complexity index is 514. The van der Waals surface area contributed by atoms with Crippen LogP contribution in [0.3, 0.4) is 0 Å². The third-order valence-electron chi connectivity index (χ3n) is 2.14. The molecular weight excluding hydrogens is 224 g/mol. The van der Waals surface area contributed by atoms with Crippen molar-refractivity contribution in [1.82, 2.24) is 4.98 Å². The predicted octanol–water partition coefficient (Wildman–Crippen LogP) is 3.42. The Morgan fingerprint density at radius 2 is 2.06 bits per heavy atom. The quantitative estimate of drug-likeness (QED) is 0.810. The first-order chi connectivity index (χ1) is 7.66. The van der Waals surface area contributed by atoms with E-state index in [2.05, 4.69) is 4.98 Å². The lowest BCUT2D eigenvalue weighted by molar-refractivity contribution is 0.478. The first kappa shape index (κ1) is 10.8. The monoisotopic (exact) mass is 234 g/mol. The van der Waals surface area contributed by atoms with Gasteiger partial charge < -0.3 is 10.5 Å². The maximum Gasteiger partial charge on any atom is 0.148 e. The summed E-state index contributed by atoms with van der Waals surface area (Å²) in [6.07, 6.45) is 3.40. The van der Waals surface area contributed by atoms with Gasteiger partial charge in [-0.15, -0.1) is 0 Å². The van der Waals surface area contributed by atoms with E-state index in [1.807, 2.05) is 6.92 Å². The van der Waals surface area contributed by atoms with Gasteiger partial charge in [-0.25, -0.2) is 0 Å². The molecule has 0 aliphatic carbocycles. The van der Waals surface area contributed by atoms with Gasteiger partial charge in [-0.3, -0.25) is 4.98 Å². The zero-order chi connectivity index (χ0) is 11.5. The molecule has 0 spiro atoms. The van der Waals surface area contributed by atoms with E-state index < -0.39 is 0 Å². The van der Waals surface area contributed by atoms with Crippen LogP contribution in [0.25, 0.3) is 0 Å². The second kappa shape index (κ2) is 4.41. The van der Waals surface area contributed by atoms with Crippen molar-refractivity contribution in [3.63, 3.8) is 0 Å². The largest absolute Gasteiger partial charge is 0.455 e. The predicted molar refractivity (Wildman–Crippen MR) is 64.9 cm³/mol. The highest BCUT2D eigenvalue weighted by molar-refractivity contribution is 6.32. The van der Waals surface area contributed by atoms with Gasteiger partial charge in [-0.05, 0) is 25.1 Å². The van der Waals surface area contributed by atoms with Gasteiger partial charge in [0.2, 0.25) is 0 Å². The number of benzene rings is 1. The van der Waals surface area contributed by atoms with Crippen LogP contribution in [0.4, 0.5) is 5.69 Å². The molecule has 1 aromatic heterocycles. The fourth-order valence-electron chi connectivity index (χ4n) is 1.29. The number of anilines is 1. The third-order valence-corrected chi connectivity index (χ3v) is 2.46. The summed E-state index contributed by atoms with van der Waals surface area (Å²) in [7, 11) is 0. The van der Waals surface area contributed by atoms with E-state index in [9.17, 15) is 0 Å². The first-order valence-electron chi connectivity index (χ1n) is 4.80. The number of hydrogen-bond donors (Lipinski definition) is 1. The van der Waals surface area contributed by atoms with Crippen molar-refractivity contribution in [2.24, 2.45) is 0 Å². The Balaban J connectivity index is 2.34. The molecule has 0 saturated carbocycles. The molecular formula is C12H11ClN2O. The normalized spacial score (nSPS) is 10.1. The van der Waals surface area contributed by atoms with E-state index in [1.165, 1.54) is 0 Å². The Morgan fingerprint density at radius 1 is 1.25 bits per heavy atom. The van der Waals surface area contributed by atoms with Gasteiger partial charge in [0.15, 0.2) is 0 Å². The van der Waals surface area contributed by atoms with Crippen LogP contribution < -0.4 is 10.5 Å². The highest BCUT2D eigenvalue weighted by Gasteiger charge is 2.05. The number of rotatable bonds is 2. The fourth-order valence-corrected chi connectivity index (χ4v) is 1.45. The van der Waals surface area contributed by atoms with Gasteiger partial charge >= 0.3 is 0 Å². The number of aromatic nitrogens is 1. The molecule has 4 heteroatoms. The van der Waals surface area contributed by atoms with Crippen molar-refractivity contribution in [3.05, 3.63) is 47.2 Å². The number of nitrogen functional groups attached to an aromatic ring is 1. The summed E-state index contributed by atoms with van der Waals surface area (Å²) in [6.45, 7) is 1.92. The molecule has 0 bridgehead atoms. The lowest BCUT2D eigenvalue weighted by atomic mass is 10.3. The van der Waals surface area contributed by atoms with Crippen LogP contribution in [-0.2, 0) is 0 Å². The van der Waals surface area contributed by atoms with Crippen molar-refractivity contribution in [2.75, 3.05) is 5.73 Å². The molecule has 0 radical (unpaired) electrons. The highest BCUT2D eigenvalue weighted by atomic mass is 35.5. The molecule has 82 valence electrons. The zero-order valence-electron chi connectivity index (χ0n) is 8.77. The van der Waals surface area contributed by atoms with E-state index in [1.54, 1.807) is 36.7 Å². The maximum atomic E-state index is 6.00. The average molecular weight is 235 g/mol. The number of nitrogens with zero attached hydrogens (tertiary/aromatic N) is 1. The molecule has 0 aliphatic heterocycles. The molecule has 0 fully saturated rings. The van der Waals surface area contributed by atoms with E-state index >= 15 is 0 Å². The van der Waals surface area contributed by atoms with Gasteiger partial charge in [-0.1, -0.05) is 11.6 Å². The molecule has 1 aromatic carbocycles. The van der Waals surface area contributed by atoms with Crippen LogP contribution >= 0.6 is 11.6 Å². The van der Waals surface area contributed by atoms with Gasteiger partial charge in [-0.2, -0.15) is 0 Å². The minimum atomic E-state index is 0.533.